The number of benzene rings is 2. The number of likely N-dealkylation sites (tertiary alicyclic amines) is 1. The number of hydrogen-bond donors (Lipinski definition) is 1. The van der Waals surface area contributed by atoms with Gasteiger partial charge in [-0.1, -0.05) is 69.6 Å². The summed E-state index contributed by atoms with van der Waals surface area (Å²) < 4.78 is 0. The summed E-state index contributed by atoms with van der Waals surface area (Å²) in [7, 11) is 0. The van der Waals surface area contributed by atoms with Crippen LogP contribution in [0.2, 0.25) is 5.02 Å². The van der Waals surface area contributed by atoms with Gasteiger partial charge in [-0.15, -0.1) is 0 Å². The van der Waals surface area contributed by atoms with Crippen LogP contribution in [0.25, 0.3) is 10.9 Å². The van der Waals surface area contributed by atoms with Gasteiger partial charge in [-0.25, -0.2) is 4.98 Å². The Morgan fingerprint density at radius 3 is 2.21 bits per heavy atom. The minimum atomic E-state index is 0.735. The molecule has 0 bridgehead atoms. The Labute approximate surface area is 211 Å². The average molecular weight is 481 g/mol. The second-order valence-corrected chi connectivity index (χ2v) is 8.92. The molecule has 2 saturated heterocycles. The number of hydrogen-bond acceptors (Lipinski definition) is 4. The fourth-order valence-electron chi connectivity index (χ4n) is 4.88. The molecule has 4 nitrogen and oxygen atoms in total. The molecule has 0 saturated carbocycles. The lowest BCUT2D eigenvalue weighted by atomic mass is 10.0. The lowest BCUT2D eigenvalue weighted by Crippen LogP contribution is -2.43. The van der Waals surface area contributed by atoms with E-state index in [0.29, 0.717) is 0 Å². The zero-order valence-corrected chi connectivity index (χ0v) is 22.1. The molecule has 2 aliphatic heterocycles. The third-order valence-corrected chi connectivity index (χ3v) is 6.80. The van der Waals surface area contributed by atoms with Gasteiger partial charge in [-0.05, 0) is 62.5 Å². The van der Waals surface area contributed by atoms with Gasteiger partial charge in [0, 0.05) is 47.8 Å². The lowest BCUT2D eigenvalue weighted by molar-refractivity contribution is 0.208. The molecule has 34 heavy (non-hydrogen) atoms. The zero-order chi connectivity index (χ0) is 24.3. The summed E-state index contributed by atoms with van der Waals surface area (Å²) in [5.41, 5.74) is 3.55. The van der Waals surface area contributed by atoms with E-state index in [0.717, 1.165) is 42.0 Å². The number of para-hydroxylation sites is 1. The molecule has 0 spiro atoms. The Bertz CT molecular complexity index is 991. The van der Waals surface area contributed by atoms with Crippen LogP contribution in [0.4, 0.5) is 11.5 Å². The first kappa shape index (κ1) is 26.3. The number of fused-ring (bicyclic) bond motifs is 1. The second-order valence-electron chi connectivity index (χ2n) is 8.49. The minimum absolute atomic E-state index is 0.735. The highest BCUT2D eigenvalue weighted by molar-refractivity contribution is 6.30. The monoisotopic (exact) mass is 480 g/mol. The van der Waals surface area contributed by atoms with E-state index in [1.807, 2.05) is 39.8 Å². The molecule has 2 aliphatic rings. The van der Waals surface area contributed by atoms with E-state index in [9.17, 15) is 0 Å². The van der Waals surface area contributed by atoms with Crippen molar-refractivity contribution in [2.24, 2.45) is 0 Å². The molecule has 5 heteroatoms. The number of halogens is 1. The van der Waals surface area contributed by atoms with E-state index < -0.39 is 0 Å². The summed E-state index contributed by atoms with van der Waals surface area (Å²) in [6.07, 6.45) is 5.25. The van der Waals surface area contributed by atoms with Gasteiger partial charge in [0.25, 0.3) is 0 Å². The number of pyridine rings is 1. The molecule has 3 aromatic rings. The summed E-state index contributed by atoms with van der Waals surface area (Å²) in [5, 5.41) is 5.53. The van der Waals surface area contributed by atoms with Crippen LogP contribution in [0.3, 0.4) is 0 Å². The van der Waals surface area contributed by atoms with Gasteiger partial charge >= 0.3 is 0 Å². The number of anilines is 2. The van der Waals surface area contributed by atoms with Crippen molar-refractivity contribution in [3.05, 3.63) is 65.2 Å². The Hall–Kier alpha value is -2.30. The first-order valence-electron chi connectivity index (χ1n) is 13.1. The van der Waals surface area contributed by atoms with Crippen molar-refractivity contribution < 1.29 is 0 Å². The van der Waals surface area contributed by atoms with Crippen molar-refractivity contribution >= 4 is 34.0 Å². The first-order valence-corrected chi connectivity index (χ1v) is 13.5. The highest BCUT2D eigenvalue weighted by Crippen LogP contribution is 2.32. The van der Waals surface area contributed by atoms with Crippen LogP contribution in [-0.2, 0) is 6.54 Å². The van der Waals surface area contributed by atoms with Gasteiger partial charge in [-0.2, -0.15) is 0 Å². The summed E-state index contributed by atoms with van der Waals surface area (Å²) in [4.78, 5) is 10.1. The summed E-state index contributed by atoms with van der Waals surface area (Å²) >= 11 is 6.01. The van der Waals surface area contributed by atoms with Gasteiger partial charge in [0.2, 0.25) is 0 Å². The molecule has 0 amide bonds. The maximum atomic E-state index is 6.01. The van der Waals surface area contributed by atoms with Crippen LogP contribution < -0.4 is 10.2 Å². The van der Waals surface area contributed by atoms with E-state index in [2.05, 4.69) is 57.6 Å². The minimum Gasteiger partial charge on any atom is -0.371 e. The van der Waals surface area contributed by atoms with Crippen LogP contribution in [0.1, 0.15) is 58.9 Å². The highest BCUT2D eigenvalue weighted by atomic mass is 35.5. The normalized spacial score (nSPS) is 16.4. The van der Waals surface area contributed by atoms with Crippen LogP contribution in [0, 0.1) is 0 Å². The van der Waals surface area contributed by atoms with E-state index in [4.69, 9.17) is 16.6 Å². The molecule has 2 aromatic carbocycles. The quantitative estimate of drug-likeness (QED) is 0.407. The molecular formula is C29H41ClN4. The topological polar surface area (TPSA) is 31.4 Å². The number of piperidine rings is 1. The van der Waals surface area contributed by atoms with Crippen molar-refractivity contribution in [1.29, 1.82) is 0 Å². The fourth-order valence-corrected chi connectivity index (χ4v) is 5.01. The van der Waals surface area contributed by atoms with E-state index in [-0.39, 0.29) is 0 Å². The Morgan fingerprint density at radius 1 is 0.882 bits per heavy atom. The predicted molar refractivity (Wildman–Crippen MR) is 149 cm³/mol. The van der Waals surface area contributed by atoms with Crippen LogP contribution in [-0.4, -0.2) is 42.1 Å². The maximum absolute atomic E-state index is 6.01. The molecule has 0 aliphatic carbocycles. The van der Waals surface area contributed by atoms with E-state index in [1.165, 1.54) is 55.4 Å². The van der Waals surface area contributed by atoms with Crippen molar-refractivity contribution in [3.8, 4) is 0 Å². The van der Waals surface area contributed by atoms with Crippen molar-refractivity contribution in [3.63, 3.8) is 0 Å². The molecule has 0 radical (unpaired) electrons. The summed E-state index contributed by atoms with van der Waals surface area (Å²) in [5.74, 6) is 0.931. The van der Waals surface area contributed by atoms with Gasteiger partial charge in [0.05, 0.1) is 5.52 Å². The second kappa shape index (κ2) is 13.6. The molecule has 184 valence electrons. The standard InChI is InChI=1S/C25H29ClN4.2C2H6/c26-20-9-7-19(8-10-20)18-27-25-17-24(22-5-1-2-6-23(22)28-25)30-15-11-21(12-16-30)29-13-3-4-14-29;2*1-2/h1-2,5-10,17,21H,3-4,11-16,18H2,(H,27,28);2*1-2H3. The van der Waals surface area contributed by atoms with Gasteiger partial charge in [0.1, 0.15) is 5.82 Å². The average Bonchev–Trinajstić information content (AvgIpc) is 3.46. The van der Waals surface area contributed by atoms with Crippen LogP contribution in [0.15, 0.2) is 54.6 Å². The lowest BCUT2D eigenvalue weighted by Gasteiger charge is -2.38. The summed E-state index contributed by atoms with van der Waals surface area (Å²) in [6, 6.07) is 19.5. The number of nitrogens with zero attached hydrogens (tertiary/aromatic N) is 3. The molecule has 2 fully saturated rings. The Balaban J connectivity index is 0.000000771. The Morgan fingerprint density at radius 2 is 1.53 bits per heavy atom. The van der Waals surface area contributed by atoms with Gasteiger partial charge in [0.15, 0.2) is 0 Å². The molecular weight excluding hydrogens is 440 g/mol. The van der Waals surface area contributed by atoms with E-state index in [1.54, 1.807) is 0 Å². The molecule has 3 heterocycles. The highest BCUT2D eigenvalue weighted by Gasteiger charge is 2.27. The zero-order valence-electron chi connectivity index (χ0n) is 21.4. The van der Waals surface area contributed by atoms with Gasteiger partial charge < -0.3 is 15.1 Å². The first-order chi connectivity index (χ1) is 16.8. The van der Waals surface area contributed by atoms with E-state index >= 15 is 0 Å². The van der Waals surface area contributed by atoms with Crippen molar-refractivity contribution in [1.82, 2.24) is 9.88 Å². The van der Waals surface area contributed by atoms with Crippen molar-refractivity contribution in [2.45, 2.75) is 66.0 Å². The number of nitrogens with one attached hydrogen (secondary N) is 1. The van der Waals surface area contributed by atoms with Crippen molar-refractivity contribution in [2.75, 3.05) is 36.4 Å². The molecule has 5 rings (SSSR count). The third kappa shape index (κ3) is 6.64. The predicted octanol–water partition coefficient (Wildman–Crippen LogP) is 7.62. The maximum Gasteiger partial charge on any atom is 0.129 e. The fraction of sp³-hybridized carbons (Fsp3) is 0.483. The van der Waals surface area contributed by atoms with Crippen LogP contribution >= 0.6 is 11.6 Å². The SMILES string of the molecule is CC.CC.Clc1ccc(CNc2cc(N3CCC(N4CCCC4)CC3)c3ccccc3n2)cc1. The van der Waals surface area contributed by atoms with Crippen LogP contribution in [0.5, 0.6) is 0 Å². The number of aromatic nitrogens is 1. The molecule has 0 unspecified atom stereocenters. The molecule has 1 aromatic heterocycles. The molecule has 1 N–H and O–H groups in total. The Kier molecular flexibility index (Phi) is 10.5. The smallest absolute Gasteiger partial charge is 0.129 e. The number of rotatable bonds is 5. The van der Waals surface area contributed by atoms with Gasteiger partial charge in [-0.3, -0.25) is 0 Å². The third-order valence-electron chi connectivity index (χ3n) is 6.54. The molecule has 0 atom stereocenters. The summed E-state index contributed by atoms with van der Waals surface area (Å²) in [6.45, 7) is 13.6. The largest absolute Gasteiger partial charge is 0.371 e.